The molecule has 0 N–H and O–H groups in total. The number of aromatic nitrogens is 2. The molecule has 2 aromatic heterocycles. The minimum Gasteiger partial charge on any atom is -0.472 e. The minimum atomic E-state index is -0.620. The van der Waals surface area contributed by atoms with E-state index in [1.54, 1.807) is 6.07 Å². The number of halogens is 1. The molecule has 0 saturated heterocycles. The van der Waals surface area contributed by atoms with Crippen LogP contribution in [0, 0.1) is 10.1 Å². The molecule has 0 aliphatic carbocycles. The molecule has 0 amide bonds. The van der Waals surface area contributed by atoms with E-state index in [9.17, 15) is 10.1 Å². The maximum atomic E-state index is 10.7. The van der Waals surface area contributed by atoms with E-state index in [1.165, 1.54) is 12.5 Å². The molecule has 0 bridgehead atoms. The fourth-order valence-corrected chi connectivity index (χ4v) is 1.33. The van der Waals surface area contributed by atoms with Crippen molar-refractivity contribution in [1.29, 1.82) is 0 Å². The van der Waals surface area contributed by atoms with E-state index in [2.05, 4.69) is 9.97 Å². The van der Waals surface area contributed by atoms with Gasteiger partial charge in [-0.15, -0.1) is 0 Å². The molecule has 0 radical (unpaired) electrons. The Morgan fingerprint density at radius 2 is 2.27 bits per heavy atom. The van der Waals surface area contributed by atoms with E-state index in [4.69, 9.17) is 16.0 Å². The molecular formula is C8H4ClN3O3. The third-order valence-electron chi connectivity index (χ3n) is 1.75. The van der Waals surface area contributed by atoms with Crippen molar-refractivity contribution in [2.45, 2.75) is 0 Å². The highest BCUT2D eigenvalue weighted by molar-refractivity contribution is 6.31. The minimum absolute atomic E-state index is 0.147. The maximum Gasteiger partial charge on any atom is 0.332 e. The standard InChI is InChI=1S/C8H4ClN3O3/c9-8-7(12(13)14)6(10-4-11-8)5-1-2-15-3-5/h1-4H. The molecule has 0 aromatic carbocycles. The maximum absolute atomic E-state index is 10.7. The van der Waals surface area contributed by atoms with Crippen LogP contribution in [0.5, 0.6) is 0 Å². The lowest BCUT2D eigenvalue weighted by molar-refractivity contribution is -0.384. The predicted octanol–water partition coefficient (Wildman–Crippen LogP) is 2.30. The molecule has 6 nitrogen and oxygen atoms in total. The number of rotatable bonds is 2. The Hall–Kier alpha value is -1.95. The first-order chi connectivity index (χ1) is 7.20. The van der Waals surface area contributed by atoms with Crippen LogP contribution in [0.15, 0.2) is 29.3 Å². The van der Waals surface area contributed by atoms with Gasteiger partial charge < -0.3 is 4.42 Å². The van der Waals surface area contributed by atoms with Gasteiger partial charge in [0.1, 0.15) is 6.33 Å². The first kappa shape index (κ1) is 9.60. The Bertz CT molecular complexity index is 498. The Labute approximate surface area is 88.7 Å². The van der Waals surface area contributed by atoms with Crippen LogP contribution in [-0.4, -0.2) is 14.9 Å². The molecule has 0 aliphatic rings. The Morgan fingerprint density at radius 1 is 1.47 bits per heavy atom. The van der Waals surface area contributed by atoms with Crippen molar-refractivity contribution in [2.24, 2.45) is 0 Å². The van der Waals surface area contributed by atoms with Gasteiger partial charge >= 0.3 is 5.69 Å². The Balaban J connectivity index is 2.66. The van der Waals surface area contributed by atoms with Crippen LogP contribution >= 0.6 is 11.6 Å². The molecule has 0 atom stereocenters. The summed E-state index contributed by atoms with van der Waals surface area (Å²) in [5, 5.41) is 10.6. The van der Waals surface area contributed by atoms with E-state index >= 15 is 0 Å². The van der Waals surface area contributed by atoms with Crippen LogP contribution < -0.4 is 0 Å². The topological polar surface area (TPSA) is 82.1 Å². The lowest BCUT2D eigenvalue weighted by atomic mass is 10.2. The van der Waals surface area contributed by atoms with E-state index in [-0.39, 0.29) is 16.5 Å². The highest BCUT2D eigenvalue weighted by Crippen LogP contribution is 2.32. The zero-order valence-corrected chi connectivity index (χ0v) is 8.01. The molecule has 2 heterocycles. The highest BCUT2D eigenvalue weighted by atomic mass is 35.5. The predicted molar refractivity (Wildman–Crippen MR) is 51.4 cm³/mol. The lowest BCUT2D eigenvalue weighted by Crippen LogP contribution is -1.96. The molecule has 0 aliphatic heterocycles. The van der Waals surface area contributed by atoms with Gasteiger partial charge in [-0.1, -0.05) is 11.6 Å². The van der Waals surface area contributed by atoms with Gasteiger partial charge in [0.05, 0.1) is 17.4 Å². The quantitative estimate of drug-likeness (QED) is 0.445. The van der Waals surface area contributed by atoms with Gasteiger partial charge in [0.15, 0.2) is 5.69 Å². The molecule has 2 aromatic rings. The number of furan rings is 1. The average Bonchev–Trinajstić information content (AvgIpc) is 2.69. The van der Waals surface area contributed by atoms with Gasteiger partial charge in [0.25, 0.3) is 0 Å². The molecule has 0 unspecified atom stereocenters. The third kappa shape index (κ3) is 1.66. The summed E-state index contributed by atoms with van der Waals surface area (Å²) in [5.74, 6) is 0. The van der Waals surface area contributed by atoms with Crippen LogP contribution in [0.25, 0.3) is 11.3 Å². The molecule has 0 saturated carbocycles. The monoisotopic (exact) mass is 225 g/mol. The van der Waals surface area contributed by atoms with Crippen molar-refractivity contribution in [3.05, 3.63) is 40.2 Å². The number of nitrogens with zero attached hydrogens (tertiary/aromatic N) is 3. The normalized spacial score (nSPS) is 10.2. The van der Waals surface area contributed by atoms with Crippen molar-refractivity contribution in [3.8, 4) is 11.3 Å². The zero-order valence-electron chi connectivity index (χ0n) is 7.25. The van der Waals surface area contributed by atoms with E-state index in [1.807, 2.05) is 0 Å². The van der Waals surface area contributed by atoms with Gasteiger partial charge in [-0.3, -0.25) is 10.1 Å². The number of nitro groups is 1. The second-order valence-corrected chi connectivity index (χ2v) is 2.99. The van der Waals surface area contributed by atoms with Crippen LogP contribution in [0.1, 0.15) is 0 Å². The third-order valence-corrected chi connectivity index (χ3v) is 2.03. The van der Waals surface area contributed by atoms with Crippen LogP contribution in [-0.2, 0) is 0 Å². The summed E-state index contributed by atoms with van der Waals surface area (Å²) in [7, 11) is 0. The Morgan fingerprint density at radius 3 is 2.87 bits per heavy atom. The van der Waals surface area contributed by atoms with Gasteiger partial charge in [-0.2, -0.15) is 0 Å². The van der Waals surface area contributed by atoms with Crippen molar-refractivity contribution >= 4 is 17.3 Å². The van der Waals surface area contributed by atoms with Crippen LogP contribution in [0.4, 0.5) is 5.69 Å². The second-order valence-electron chi connectivity index (χ2n) is 2.63. The SMILES string of the molecule is O=[N+]([O-])c1c(Cl)ncnc1-c1ccoc1. The highest BCUT2D eigenvalue weighted by Gasteiger charge is 2.22. The molecule has 0 spiro atoms. The van der Waals surface area contributed by atoms with E-state index in [0.29, 0.717) is 5.56 Å². The lowest BCUT2D eigenvalue weighted by Gasteiger charge is -1.98. The van der Waals surface area contributed by atoms with Crippen molar-refractivity contribution < 1.29 is 9.34 Å². The van der Waals surface area contributed by atoms with E-state index < -0.39 is 4.92 Å². The first-order valence-electron chi connectivity index (χ1n) is 3.87. The molecule has 7 heteroatoms. The van der Waals surface area contributed by atoms with Crippen LogP contribution in [0.2, 0.25) is 5.15 Å². The average molecular weight is 226 g/mol. The van der Waals surface area contributed by atoms with Gasteiger partial charge in [0.2, 0.25) is 5.15 Å². The fourth-order valence-electron chi connectivity index (χ4n) is 1.13. The van der Waals surface area contributed by atoms with Crippen molar-refractivity contribution in [1.82, 2.24) is 9.97 Å². The number of hydrogen-bond donors (Lipinski definition) is 0. The number of hydrogen-bond acceptors (Lipinski definition) is 5. The summed E-state index contributed by atoms with van der Waals surface area (Å²) < 4.78 is 4.82. The summed E-state index contributed by atoms with van der Waals surface area (Å²) in [6.07, 6.45) is 3.92. The first-order valence-corrected chi connectivity index (χ1v) is 4.25. The van der Waals surface area contributed by atoms with Gasteiger partial charge in [-0.25, -0.2) is 9.97 Å². The van der Waals surface area contributed by atoms with Crippen molar-refractivity contribution in [2.75, 3.05) is 0 Å². The molecule has 2 rings (SSSR count). The molecular weight excluding hydrogens is 222 g/mol. The molecule has 15 heavy (non-hydrogen) atoms. The van der Waals surface area contributed by atoms with Crippen LogP contribution in [0.3, 0.4) is 0 Å². The Kier molecular flexibility index (Phi) is 2.34. The van der Waals surface area contributed by atoms with Crippen molar-refractivity contribution in [3.63, 3.8) is 0 Å². The van der Waals surface area contributed by atoms with Gasteiger partial charge in [0, 0.05) is 5.56 Å². The second kappa shape index (κ2) is 3.66. The largest absolute Gasteiger partial charge is 0.472 e. The molecule has 0 fully saturated rings. The smallest absolute Gasteiger partial charge is 0.332 e. The zero-order chi connectivity index (χ0) is 10.8. The summed E-state index contributed by atoms with van der Waals surface area (Å²) in [6.45, 7) is 0. The van der Waals surface area contributed by atoms with E-state index in [0.717, 1.165) is 6.33 Å². The molecule has 76 valence electrons. The fraction of sp³-hybridized carbons (Fsp3) is 0. The summed E-state index contributed by atoms with van der Waals surface area (Å²) in [5.41, 5.74) is 0.320. The summed E-state index contributed by atoms with van der Waals surface area (Å²) in [4.78, 5) is 17.5. The summed E-state index contributed by atoms with van der Waals surface area (Å²) in [6, 6.07) is 1.56. The summed E-state index contributed by atoms with van der Waals surface area (Å²) >= 11 is 5.62. The van der Waals surface area contributed by atoms with Gasteiger partial charge in [-0.05, 0) is 6.07 Å².